The maximum absolute atomic E-state index is 3.70. The van der Waals surface area contributed by atoms with E-state index in [1.54, 1.807) is 0 Å². The highest BCUT2D eigenvalue weighted by Gasteiger charge is 2.13. The van der Waals surface area contributed by atoms with Crippen molar-refractivity contribution in [1.82, 2.24) is 5.32 Å². The molecule has 0 aliphatic rings. The van der Waals surface area contributed by atoms with Crippen molar-refractivity contribution in [1.29, 1.82) is 0 Å². The second-order valence-corrected chi connectivity index (χ2v) is 6.62. The number of halogens is 1. The Labute approximate surface area is 127 Å². The van der Waals surface area contributed by atoms with Crippen molar-refractivity contribution in [2.24, 2.45) is 5.92 Å². The maximum Gasteiger partial charge on any atom is 0.0210 e. The van der Waals surface area contributed by atoms with Crippen LogP contribution in [0.25, 0.3) is 0 Å². The Hall–Kier alpha value is -0.340. The van der Waals surface area contributed by atoms with Crippen molar-refractivity contribution in [2.75, 3.05) is 13.1 Å². The molecule has 0 bridgehead atoms. The zero-order chi connectivity index (χ0) is 14.1. The van der Waals surface area contributed by atoms with Crippen LogP contribution in [0.4, 0.5) is 0 Å². The normalized spacial score (nSPS) is 12.9. The fraction of sp³-hybridized carbons (Fsp3) is 0.647. The minimum atomic E-state index is 0.626. The Kier molecular flexibility index (Phi) is 8.40. The molecule has 1 unspecified atom stereocenters. The van der Waals surface area contributed by atoms with Crippen LogP contribution in [0.1, 0.15) is 57.9 Å². The number of benzene rings is 1. The molecule has 2 heteroatoms. The van der Waals surface area contributed by atoms with Crippen LogP contribution in [0.15, 0.2) is 28.7 Å². The van der Waals surface area contributed by atoms with Gasteiger partial charge >= 0.3 is 0 Å². The van der Waals surface area contributed by atoms with Crippen LogP contribution >= 0.6 is 15.9 Å². The molecular formula is C17H28BrN. The van der Waals surface area contributed by atoms with Crippen molar-refractivity contribution in [3.05, 3.63) is 34.3 Å². The molecule has 1 rings (SSSR count). The first-order chi connectivity index (χ1) is 9.15. The van der Waals surface area contributed by atoms with Gasteiger partial charge in [-0.2, -0.15) is 0 Å². The smallest absolute Gasteiger partial charge is 0.0210 e. The third kappa shape index (κ3) is 6.58. The van der Waals surface area contributed by atoms with Crippen molar-refractivity contribution in [3.63, 3.8) is 0 Å². The van der Waals surface area contributed by atoms with E-state index in [0.717, 1.165) is 19.0 Å². The highest BCUT2D eigenvalue weighted by atomic mass is 79.9. The molecule has 1 nitrogen and oxygen atoms in total. The maximum atomic E-state index is 3.70. The average Bonchev–Trinajstić information content (AvgIpc) is 2.37. The number of hydrogen-bond donors (Lipinski definition) is 1. The molecule has 0 aliphatic carbocycles. The summed E-state index contributed by atoms with van der Waals surface area (Å²) in [5, 5.41) is 3.62. The van der Waals surface area contributed by atoms with E-state index >= 15 is 0 Å². The van der Waals surface area contributed by atoms with Crippen molar-refractivity contribution in [3.8, 4) is 0 Å². The molecule has 0 amide bonds. The lowest BCUT2D eigenvalue weighted by molar-refractivity contribution is 0.485. The van der Waals surface area contributed by atoms with Crippen molar-refractivity contribution < 1.29 is 0 Å². The second-order valence-electron chi connectivity index (χ2n) is 5.77. The van der Waals surface area contributed by atoms with Gasteiger partial charge in [0.25, 0.3) is 0 Å². The Bertz CT molecular complexity index is 349. The lowest BCUT2D eigenvalue weighted by Gasteiger charge is -2.20. The third-order valence-corrected chi connectivity index (χ3v) is 4.17. The molecule has 1 N–H and O–H groups in total. The van der Waals surface area contributed by atoms with Gasteiger partial charge in [-0.15, -0.1) is 0 Å². The first kappa shape index (κ1) is 16.7. The first-order valence-electron chi connectivity index (χ1n) is 7.60. The molecule has 0 heterocycles. The summed E-state index contributed by atoms with van der Waals surface area (Å²) < 4.78 is 1.25. The Morgan fingerprint density at radius 3 is 2.47 bits per heavy atom. The predicted octanol–water partition coefficient (Wildman–Crippen LogP) is 5.36. The number of unbranched alkanes of at least 4 members (excludes halogenated alkanes) is 2. The molecule has 1 aromatic rings. The van der Waals surface area contributed by atoms with Crippen molar-refractivity contribution in [2.45, 2.75) is 52.4 Å². The molecule has 1 aromatic carbocycles. The molecule has 1 atom stereocenters. The average molecular weight is 326 g/mol. The van der Waals surface area contributed by atoms with Crippen LogP contribution in [0, 0.1) is 5.92 Å². The number of nitrogens with one attached hydrogen (secondary N) is 1. The van der Waals surface area contributed by atoms with Gasteiger partial charge < -0.3 is 5.32 Å². The summed E-state index contributed by atoms with van der Waals surface area (Å²) in [6, 6.07) is 8.66. The predicted molar refractivity (Wildman–Crippen MR) is 88.7 cm³/mol. The summed E-state index contributed by atoms with van der Waals surface area (Å²) in [7, 11) is 0. The lowest BCUT2D eigenvalue weighted by Crippen LogP contribution is -2.25. The van der Waals surface area contributed by atoms with E-state index in [1.807, 2.05) is 0 Å². The van der Waals surface area contributed by atoms with Gasteiger partial charge in [0, 0.05) is 11.0 Å². The van der Waals surface area contributed by atoms with Gasteiger partial charge in [-0.1, -0.05) is 74.2 Å². The van der Waals surface area contributed by atoms with Crippen LogP contribution in [0.5, 0.6) is 0 Å². The second kappa shape index (κ2) is 9.55. The molecular weight excluding hydrogens is 298 g/mol. The van der Waals surface area contributed by atoms with E-state index in [1.165, 1.54) is 35.7 Å². The standard InChI is InChI=1S/C17H28BrN/c1-4-5-6-9-15(13-19-12-14(2)3)16-10-7-8-11-17(16)18/h7-8,10-11,14-15,19H,4-6,9,12-13H2,1-3H3. The van der Waals surface area contributed by atoms with Crippen LogP contribution < -0.4 is 5.32 Å². The molecule has 19 heavy (non-hydrogen) atoms. The largest absolute Gasteiger partial charge is 0.316 e. The Morgan fingerprint density at radius 2 is 1.84 bits per heavy atom. The van der Waals surface area contributed by atoms with Crippen LogP contribution in [0.2, 0.25) is 0 Å². The van der Waals surface area contributed by atoms with Gasteiger partial charge in [-0.25, -0.2) is 0 Å². The molecule has 108 valence electrons. The minimum Gasteiger partial charge on any atom is -0.316 e. The monoisotopic (exact) mass is 325 g/mol. The highest BCUT2D eigenvalue weighted by Crippen LogP contribution is 2.28. The van der Waals surface area contributed by atoms with Gasteiger partial charge in [0.15, 0.2) is 0 Å². The van der Waals surface area contributed by atoms with E-state index < -0.39 is 0 Å². The van der Waals surface area contributed by atoms with Gasteiger partial charge in [0.1, 0.15) is 0 Å². The zero-order valence-corrected chi connectivity index (χ0v) is 14.2. The summed E-state index contributed by atoms with van der Waals surface area (Å²) in [6.07, 6.45) is 5.24. The first-order valence-corrected chi connectivity index (χ1v) is 8.39. The molecule has 0 fully saturated rings. The summed E-state index contributed by atoms with van der Waals surface area (Å²) in [4.78, 5) is 0. The SMILES string of the molecule is CCCCCC(CNCC(C)C)c1ccccc1Br. The van der Waals surface area contributed by atoms with Gasteiger partial charge in [0.05, 0.1) is 0 Å². The van der Waals surface area contributed by atoms with E-state index in [2.05, 4.69) is 66.3 Å². The van der Waals surface area contributed by atoms with E-state index in [-0.39, 0.29) is 0 Å². The summed E-state index contributed by atoms with van der Waals surface area (Å²) in [5.74, 6) is 1.34. The lowest BCUT2D eigenvalue weighted by atomic mass is 9.93. The topological polar surface area (TPSA) is 12.0 Å². The molecule has 0 aromatic heterocycles. The number of hydrogen-bond acceptors (Lipinski definition) is 1. The van der Waals surface area contributed by atoms with Gasteiger partial charge in [-0.3, -0.25) is 0 Å². The molecule has 0 radical (unpaired) electrons. The Morgan fingerprint density at radius 1 is 1.11 bits per heavy atom. The number of rotatable bonds is 9. The molecule has 0 saturated heterocycles. The fourth-order valence-electron chi connectivity index (χ4n) is 2.36. The van der Waals surface area contributed by atoms with Gasteiger partial charge in [0.2, 0.25) is 0 Å². The molecule has 0 saturated carbocycles. The highest BCUT2D eigenvalue weighted by molar-refractivity contribution is 9.10. The quantitative estimate of drug-likeness (QED) is 0.603. The van der Waals surface area contributed by atoms with Crippen molar-refractivity contribution >= 4 is 15.9 Å². The van der Waals surface area contributed by atoms with E-state index in [0.29, 0.717) is 5.92 Å². The van der Waals surface area contributed by atoms with E-state index in [4.69, 9.17) is 0 Å². The summed E-state index contributed by atoms with van der Waals surface area (Å²) >= 11 is 3.70. The van der Waals surface area contributed by atoms with Crippen LogP contribution in [-0.4, -0.2) is 13.1 Å². The molecule has 0 aliphatic heterocycles. The van der Waals surface area contributed by atoms with E-state index in [9.17, 15) is 0 Å². The van der Waals surface area contributed by atoms with Crippen LogP contribution in [0.3, 0.4) is 0 Å². The molecule has 0 spiro atoms. The summed E-state index contributed by atoms with van der Waals surface area (Å²) in [5.41, 5.74) is 1.45. The fourth-order valence-corrected chi connectivity index (χ4v) is 2.97. The van der Waals surface area contributed by atoms with Crippen LogP contribution in [-0.2, 0) is 0 Å². The zero-order valence-electron chi connectivity index (χ0n) is 12.6. The summed E-state index contributed by atoms with van der Waals surface area (Å²) in [6.45, 7) is 8.98. The Balaban J connectivity index is 2.60. The third-order valence-electron chi connectivity index (χ3n) is 3.44. The van der Waals surface area contributed by atoms with Gasteiger partial charge in [-0.05, 0) is 36.4 Å². The minimum absolute atomic E-state index is 0.626.